The van der Waals surface area contributed by atoms with Crippen molar-refractivity contribution < 1.29 is 9.21 Å². The van der Waals surface area contributed by atoms with Crippen LogP contribution in [0.5, 0.6) is 0 Å². The topological polar surface area (TPSA) is 42.2 Å². The number of nitrogens with one attached hydrogen (secondary N) is 1. The summed E-state index contributed by atoms with van der Waals surface area (Å²) in [5, 5.41) is 5.03. The first-order valence-electron chi connectivity index (χ1n) is 6.19. The maximum Gasteiger partial charge on any atom is 0.220 e. The smallest absolute Gasteiger partial charge is 0.220 e. The fourth-order valence-corrected chi connectivity index (χ4v) is 2.70. The highest BCUT2D eigenvalue weighted by Gasteiger charge is 2.24. The lowest BCUT2D eigenvalue weighted by molar-refractivity contribution is -0.121. The molecule has 18 heavy (non-hydrogen) atoms. The zero-order valence-electron chi connectivity index (χ0n) is 10.0. The van der Waals surface area contributed by atoms with Crippen LogP contribution in [0, 0.1) is 5.92 Å². The average Bonchev–Trinajstić information content (AvgIpc) is 2.87. The Bertz CT molecular complexity index is 526. The molecule has 94 valence electrons. The molecule has 0 bridgehead atoms. The van der Waals surface area contributed by atoms with Gasteiger partial charge in [-0.2, -0.15) is 0 Å². The molecule has 1 aliphatic rings. The van der Waals surface area contributed by atoms with Gasteiger partial charge < -0.3 is 9.73 Å². The molecule has 1 fully saturated rings. The van der Waals surface area contributed by atoms with Crippen LogP contribution >= 0.6 is 11.3 Å². The minimum Gasteiger partial charge on any atom is -0.464 e. The molecule has 2 heterocycles. The number of carbonyl (C=O) groups is 1. The van der Waals surface area contributed by atoms with Crippen molar-refractivity contribution in [2.45, 2.75) is 25.8 Å². The standard InChI is InChI=1S/C14H15NO2S/c16-14(6-10-3-4-10)15-8-12-7-11(9-18-12)13-2-1-5-17-13/h1-2,5,7,9-10H,3-4,6,8H2,(H,15,16). The summed E-state index contributed by atoms with van der Waals surface area (Å²) in [6.07, 6.45) is 4.80. The Hall–Kier alpha value is -1.55. The summed E-state index contributed by atoms with van der Waals surface area (Å²) in [7, 11) is 0. The predicted octanol–water partition coefficient (Wildman–Crippen LogP) is 3.42. The lowest BCUT2D eigenvalue weighted by Crippen LogP contribution is -2.22. The molecule has 2 aromatic rings. The monoisotopic (exact) mass is 261 g/mol. The van der Waals surface area contributed by atoms with Gasteiger partial charge in [0, 0.05) is 22.2 Å². The van der Waals surface area contributed by atoms with E-state index < -0.39 is 0 Å². The zero-order valence-corrected chi connectivity index (χ0v) is 10.8. The van der Waals surface area contributed by atoms with Gasteiger partial charge in [-0.25, -0.2) is 0 Å². The van der Waals surface area contributed by atoms with Crippen molar-refractivity contribution in [2.75, 3.05) is 0 Å². The van der Waals surface area contributed by atoms with Gasteiger partial charge in [-0.1, -0.05) is 0 Å². The van der Waals surface area contributed by atoms with Gasteiger partial charge in [0.15, 0.2) is 0 Å². The Morgan fingerprint density at radius 2 is 2.39 bits per heavy atom. The van der Waals surface area contributed by atoms with E-state index in [0.29, 0.717) is 18.9 Å². The second-order valence-electron chi connectivity index (χ2n) is 4.70. The molecular weight excluding hydrogens is 246 g/mol. The first kappa shape index (κ1) is 11.5. The molecule has 0 unspecified atom stereocenters. The van der Waals surface area contributed by atoms with E-state index in [2.05, 4.69) is 16.8 Å². The lowest BCUT2D eigenvalue weighted by atomic mass is 10.2. The van der Waals surface area contributed by atoms with Crippen molar-refractivity contribution in [1.82, 2.24) is 5.32 Å². The van der Waals surface area contributed by atoms with Crippen LogP contribution in [0.25, 0.3) is 11.3 Å². The van der Waals surface area contributed by atoms with Crippen molar-refractivity contribution >= 4 is 17.2 Å². The molecule has 1 amide bonds. The van der Waals surface area contributed by atoms with Gasteiger partial charge in [-0.15, -0.1) is 11.3 Å². The fraction of sp³-hybridized carbons (Fsp3) is 0.357. The summed E-state index contributed by atoms with van der Waals surface area (Å²) in [5.41, 5.74) is 1.08. The summed E-state index contributed by atoms with van der Waals surface area (Å²) in [6.45, 7) is 0.622. The van der Waals surface area contributed by atoms with Crippen molar-refractivity contribution in [3.05, 3.63) is 34.7 Å². The Kier molecular flexibility index (Phi) is 3.19. The third-order valence-corrected chi connectivity index (χ3v) is 4.03. The van der Waals surface area contributed by atoms with E-state index in [4.69, 9.17) is 4.42 Å². The van der Waals surface area contributed by atoms with Gasteiger partial charge in [0.05, 0.1) is 12.8 Å². The quantitative estimate of drug-likeness (QED) is 0.896. The third kappa shape index (κ3) is 2.82. The first-order valence-corrected chi connectivity index (χ1v) is 7.07. The Balaban J connectivity index is 1.55. The van der Waals surface area contributed by atoms with Crippen molar-refractivity contribution in [1.29, 1.82) is 0 Å². The minimum atomic E-state index is 0.172. The Labute approximate surface area is 110 Å². The molecule has 3 rings (SSSR count). The highest BCUT2D eigenvalue weighted by Crippen LogP contribution is 2.32. The third-order valence-electron chi connectivity index (χ3n) is 3.09. The highest BCUT2D eigenvalue weighted by atomic mass is 32.1. The van der Waals surface area contributed by atoms with E-state index in [1.54, 1.807) is 17.6 Å². The van der Waals surface area contributed by atoms with Crippen LogP contribution in [-0.2, 0) is 11.3 Å². The minimum absolute atomic E-state index is 0.172. The van der Waals surface area contributed by atoms with Crippen LogP contribution < -0.4 is 5.32 Å². The summed E-state index contributed by atoms with van der Waals surface area (Å²) >= 11 is 1.65. The van der Waals surface area contributed by atoms with Gasteiger partial charge in [0.25, 0.3) is 0 Å². The van der Waals surface area contributed by atoms with Gasteiger partial charge in [-0.3, -0.25) is 4.79 Å². The van der Waals surface area contributed by atoms with Gasteiger partial charge in [0.1, 0.15) is 5.76 Å². The van der Waals surface area contributed by atoms with Crippen LogP contribution in [-0.4, -0.2) is 5.91 Å². The zero-order chi connectivity index (χ0) is 12.4. The normalized spacial score (nSPS) is 14.7. The molecular formula is C14H15NO2S. The molecule has 2 aromatic heterocycles. The number of thiophene rings is 1. The number of rotatable bonds is 5. The molecule has 1 saturated carbocycles. The number of carbonyl (C=O) groups excluding carboxylic acids is 1. The SMILES string of the molecule is O=C(CC1CC1)NCc1cc(-c2ccco2)cs1. The van der Waals surface area contributed by atoms with Gasteiger partial charge >= 0.3 is 0 Å². The number of hydrogen-bond donors (Lipinski definition) is 1. The summed E-state index contributed by atoms with van der Waals surface area (Å²) in [5.74, 6) is 1.69. The van der Waals surface area contributed by atoms with Crippen molar-refractivity contribution in [2.24, 2.45) is 5.92 Å². The Morgan fingerprint density at radius 3 is 3.11 bits per heavy atom. The summed E-state index contributed by atoms with van der Waals surface area (Å²) in [4.78, 5) is 12.7. The van der Waals surface area contributed by atoms with Crippen LogP contribution in [0.3, 0.4) is 0 Å². The van der Waals surface area contributed by atoms with E-state index >= 15 is 0 Å². The molecule has 0 spiro atoms. The second kappa shape index (κ2) is 4.98. The van der Waals surface area contributed by atoms with Crippen molar-refractivity contribution in [3.8, 4) is 11.3 Å². The van der Waals surface area contributed by atoms with E-state index in [9.17, 15) is 4.79 Å². The molecule has 0 aliphatic heterocycles. The van der Waals surface area contributed by atoms with Crippen LogP contribution in [0.4, 0.5) is 0 Å². The summed E-state index contributed by atoms with van der Waals surface area (Å²) in [6, 6.07) is 5.89. The van der Waals surface area contributed by atoms with E-state index in [1.165, 1.54) is 12.8 Å². The fourth-order valence-electron chi connectivity index (χ4n) is 1.89. The second-order valence-corrected chi connectivity index (χ2v) is 5.70. The molecule has 0 aromatic carbocycles. The lowest BCUT2D eigenvalue weighted by Gasteiger charge is -2.01. The molecule has 0 atom stereocenters. The van der Waals surface area contributed by atoms with Crippen LogP contribution in [0.15, 0.2) is 34.3 Å². The number of furan rings is 1. The predicted molar refractivity (Wildman–Crippen MR) is 71.2 cm³/mol. The number of hydrogen-bond acceptors (Lipinski definition) is 3. The van der Waals surface area contributed by atoms with Gasteiger partial charge in [0.2, 0.25) is 5.91 Å². The molecule has 1 N–H and O–H groups in total. The van der Waals surface area contributed by atoms with E-state index in [0.717, 1.165) is 16.2 Å². The Morgan fingerprint density at radius 1 is 1.50 bits per heavy atom. The van der Waals surface area contributed by atoms with E-state index in [-0.39, 0.29) is 5.91 Å². The molecule has 1 aliphatic carbocycles. The number of amides is 1. The molecule has 3 nitrogen and oxygen atoms in total. The molecule has 0 radical (unpaired) electrons. The van der Waals surface area contributed by atoms with E-state index in [1.807, 2.05) is 12.1 Å². The molecule has 0 saturated heterocycles. The van der Waals surface area contributed by atoms with Crippen LogP contribution in [0.1, 0.15) is 24.1 Å². The maximum atomic E-state index is 11.6. The van der Waals surface area contributed by atoms with Crippen molar-refractivity contribution in [3.63, 3.8) is 0 Å². The van der Waals surface area contributed by atoms with Crippen LogP contribution in [0.2, 0.25) is 0 Å². The molecule has 4 heteroatoms. The largest absolute Gasteiger partial charge is 0.464 e. The maximum absolute atomic E-state index is 11.6. The first-order chi connectivity index (χ1) is 8.81. The highest BCUT2D eigenvalue weighted by molar-refractivity contribution is 7.10. The summed E-state index contributed by atoms with van der Waals surface area (Å²) < 4.78 is 5.34. The average molecular weight is 261 g/mol. The van der Waals surface area contributed by atoms with Gasteiger partial charge in [-0.05, 0) is 37.0 Å².